The Kier molecular flexibility index (Phi) is 3.84. The van der Waals surface area contributed by atoms with Crippen molar-refractivity contribution in [2.75, 3.05) is 0 Å². The Morgan fingerprint density at radius 1 is 0.500 bits per heavy atom. The van der Waals surface area contributed by atoms with Gasteiger partial charge in [-0.3, -0.25) is 0 Å². The fraction of sp³-hybridized carbons (Fsp3) is 0.0233. The van der Waals surface area contributed by atoms with Crippen molar-refractivity contribution in [1.29, 1.82) is 0 Å². The van der Waals surface area contributed by atoms with E-state index >= 15 is 0 Å². The molecule has 0 N–H and O–H groups in total. The number of benzene rings is 5. The summed E-state index contributed by atoms with van der Waals surface area (Å²) in [5.41, 5.74) is 10.2. The predicted octanol–water partition coefficient (Wildman–Crippen LogP) is 8.77. The molecule has 8 heterocycles. The van der Waals surface area contributed by atoms with E-state index in [4.69, 9.17) is 4.74 Å². The summed E-state index contributed by atoms with van der Waals surface area (Å²) in [7, 11) is 0. The topological polar surface area (TPSA) is 26.3 Å². The fourth-order valence-corrected chi connectivity index (χ4v) is 9.72. The van der Waals surface area contributed by atoms with E-state index in [0.29, 0.717) is 0 Å². The van der Waals surface area contributed by atoms with Gasteiger partial charge in [0.05, 0.1) is 22.8 Å². The number of rotatable bonds is 1. The summed E-state index contributed by atoms with van der Waals surface area (Å²) in [4.78, 5) is 0. The van der Waals surface area contributed by atoms with Crippen molar-refractivity contribution < 1.29 is 13.9 Å². The van der Waals surface area contributed by atoms with E-state index in [-0.39, 0.29) is 0 Å². The van der Waals surface area contributed by atoms with E-state index < -0.39 is 5.66 Å². The van der Waals surface area contributed by atoms with Crippen LogP contribution in [0.2, 0.25) is 0 Å². The van der Waals surface area contributed by atoms with Crippen molar-refractivity contribution in [3.8, 4) is 28.6 Å². The van der Waals surface area contributed by atoms with Gasteiger partial charge in [0.25, 0.3) is 5.82 Å². The third-order valence-electron chi connectivity index (χ3n) is 11.3. The van der Waals surface area contributed by atoms with Crippen LogP contribution in [0, 0.1) is 0 Å². The van der Waals surface area contributed by atoms with Gasteiger partial charge in [0.1, 0.15) is 28.1 Å². The molecule has 48 heavy (non-hydrogen) atoms. The number of hydrogen-bond acceptors (Lipinski definition) is 1. The summed E-state index contributed by atoms with van der Waals surface area (Å²) in [6.07, 6.45) is 4.55. The van der Waals surface area contributed by atoms with Gasteiger partial charge in [-0.25, -0.2) is 0 Å². The lowest BCUT2D eigenvalue weighted by Gasteiger charge is -2.34. The van der Waals surface area contributed by atoms with Crippen LogP contribution in [-0.4, -0.2) is 8.97 Å². The van der Waals surface area contributed by atoms with Crippen LogP contribution in [0.15, 0.2) is 146 Å². The second kappa shape index (κ2) is 7.73. The Morgan fingerprint density at radius 3 is 2.08 bits per heavy atom. The van der Waals surface area contributed by atoms with Crippen LogP contribution in [0.1, 0.15) is 11.1 Å². The molecule has 0 amide bonds. The summed E-state index contributed by atoms with van der Waals surface area (Å²) < 4.78 is 17.0. The number of para-hydroxylation sites is 1. The van der Waals surface area contributed by atoms with E-state index in [1.165, 1.54) is 82.3 Å². The van der Waals surface area contributed by atoms with Crippen LogP contribution in [0.3, 0.4) is 0 Å². The van der Waals surface area contributed by atoms with Gasteiger partial charge in [-0.2, -0.15) is 9.13 Å². The zero-order valence-corrected chi connectivity index (χ0v) is 25.6. The smallest absolute Gasteiger partial charge is 0.374 e. The molecule has 5 nitrogen and oxygen atoms in total. The maximum Gasteiger partial charge on any atom is 0.374 e. The van der Waals surface area contributed by atoms with E-state index in [1.807, 2.05) is 0 Å². The molecule has 1 unspecified atom stereocenters. The van der Waals surface area contributed by atoms with Gasteiger partial charge in [0, 0.05) is 39.1 Å². The molecule has 0 radical (unpaired) electrons. The molecule has 0 fully saturated rings. The average molecular weight is 613 g/mol. The Hall–Kier alpha value is -6.46. The van der Waals surface area contributed by atoms with Crippen LogP contribution in [0.5, 0.6) is 11.5 Å². The van der Waals surface area contributed by atoms with Gasteiger partial charge in [0.15, 0.2) is 17.3 Å². The molecule has 5 aromatic heterocycles. The van der Waals surface area contributed by atoms with Gasteiger partial charge in [-0.15, -0.1) is 4.57 Å². The van der Waals surface area contributed by atoms with Crippen LogP contribution in [-0.2, 0) is 5.66 Å². The highest BCUT2D eigenvalue weighted by Gasteiger charge is 2.66. The van der Waals surface area contributed by atoms with Crippen molar-refractivity contribution in [3.05, 3.63) is 157 Å². The number of nitrogens with zero attached hydrogens (tertiary/aromatic N) is 4. The predicted molar refractivity (Wildman–Crippen MR) is 188 cm³/mol. The standard InChI is InChI=1S/C43H24N4O/c1-2-11-25(12-3-1)39-27-14-4-5-15-28(27)40-30-20-22-33-37-36(30)42-32(47(39)40)17-10-24-45(42)43(37)38-34(48-33)21-19-29-26-13-6-7-16-31(26)46(41(29)38)35-18-8-9-23-44(35)43/h1-24H/q+2. The Balaban J connectivity index is 1.33. The Morgan fingerprint density at radius 2 is 1.19 bits per heavy atom. The quantitative estimate of drug-likeness (QED) is 0.134. The molecule has 3 aliphatic rings. The lowest BCUT2D eigenvalue weighted by atomic mass is 9.83. The third-order valence-corrected chi connectivity index (χ3v) is 11.3. The summed E-state index contributed by atoms with van der Waals surface area (Å²) >= 11 is 0. The highest BCUT2D eigenvalue weighted by molar-refractivity contribution is 6.23. The number of hydrogen-bond donors (Lipinski definition) is 0. The van der Waals surface area contributed by atoms with Crippen LogP contribution >= 0.6 is 0 Å². The zero-order chi connectivity index (χ0) is 30.9. The van der Waals surface area contributed by atoms with E-state index in [0.717, 1.165) is 17.3 Å². The second-order valence-corrected chi connectivity index (χ2v) is 13.3. The van der Waals surface area contributed by atoms with E-state index in [9.17, 15) is 0 Å². The normalized spacial score (nSPS) is 16.6. The van der Waals surface area contributed by atoms with Gasteiger partial charge < -0.3 is 9.14 Å². The van der Waals surface area contributed by atoms with Crippen LogP contribution in [0.25, 0.3) is 77.0 Å². The molecule has 5 aromatic carbocycles. The van der Waals surface area contributed by atoms with Crippen molar-refractivity contribution >= 4 is 59.9 Å². The molecule has 220 valence electrons. The first-order valence-electron chi connectivity index (χ1n) is 16.5. The van der Waals surface area contributed by atoms with Crippen molar-refractivity contribution in [2.24, 2.45) is 0 Å². The lowest BCUT2D eigenvalue weighted by Crippen LogP contribution is -2.75. The number of aromatic nitrogens is 4. The summed E-state index contributed by atoms with van der Waals surface area (Å²) in [6, 6.07) is 48.6. The van der Waals surface area contributed by atoms with Crippen molar-refractivity contribution in [1.82, 2.24) is 8.97 Å². The van der Waals surface area contributed by atoms with Crippen LogP contribution in [0.4, 0.5) is 0 Å². The van der Waals surface area contributed by atoms with Gasteiger partial charge in [0.2, 0.25) is 5.52 Å². The first-order valence-corrected chi connectivity index (χ1v) is 16.5. The molecular formula is C43H24N4O+2. The molecule has 13 rings (SSSR count). The molecule has 0 saturated carbocycles. The Bertz CT molecular complexity index is 3150. The molecule has 1 atom stereocenters. The van der Waals surface area contributed by atoms with E-state index in [2.05, 4.69) is 164 Å². The average Bonchev–Trinajstić information content (AvgIpc) is 3.79. The minimum absolute atomic E-state index is 0.688. The minimum Gasteiger partial charge on any atom is -0.456 e. The SMILES string of the molecule is c1ccc(-c2c3ccccc3c3c4ccc5c6c4c4c(ccc[n+]4C64c6c(ccc7c8ccccc8n(c67)-c6cccc[n+]64)O5)n23)cc1. The first kappa shape index (κ1) is 23.8. The molecule has 10 aromatic rings. The third kappa shape index (κ3) is 2.34. The minimum atomic E-state index is -0.688. The maximum atomic E-state index is 7.00. The monoisotopic (exact) mass is 612 g/mol. The number of ether oxygens (including phenoxy) is 1. The lowest BCUT2D eigenvalue weighted by molar-refractivity contribution is -0.956. The molecule has 5 heteroatoms. The van der Waals surface area contributed by atoms with Crippen LogP contribution < -0.4 is 13.9 Å². The van der Waals surface area contributed by atoms with Crippen molar-refractivity contribution in [2.45, 2.75) is 5.66 Å². The number of fused-ring (bicyclic) bond motifs is 10. The molecular weight excluding hydrogens is 589 g/mol. The summed E-state index contributed by atoms with van der Waals surface area (Å²) in [5, 5.41) is 7.50. The Labute approximate surface area is 273 Å². The second-order valence-electron chi connectivity index (χ2n) is 13.3. The largest absolute Gasteiger partial charge is 0.456 e. The highest BCUT2D eigenvalue weighted by atomic mass is 16.5. The van der Waals surface area contributed by atoms with Crippen molar-refractivity contribution in [3.63, 3.8) is 0 Å². The van der Waals surface area contributed by atoms with Gasteiger partial charge >= 0.3 is 5.66 Å². The zero-order valence-electron chi connectivity index (χ0n) is 25.6. The van der Waals surface area contributed by atoms with Gasteiger partial charge in [-0.05, 0) is 54.1 Å². The maximum absolute atomic E-state index is 7.00. The highest BCUT2D eigenvalue weighted by Crippen LogP contribution is 2.57. The first-order chi connectivity index (χ1) is 23.9. The number of pyridine rings is 3. The summed E-state index contributed by atoms with van der Waals surface area (Å²) in [6.45, 7) is 0. The molecule has 0 aliphatic carbocycles. The molecule has 0 bridgehead atoms. The summed E-state index contributed by atoms with van der Waals surface area (Å²) in [5.74, 6) is 2.95. The molecule has 1 spiro atoms. The van der Waals surface area contributed by atoms with Gasteiger partial charge in [-0.1, -0.05) is 72.8 Å². The van der Waals surface area contributed by atoms with E-state index in [1.54, 1.807) is 0 Å². The molecule has 0 saturated heterocycles. The molecule has 3 aliphatic heterocycles. The fourth-order valence-electron chi connectivity index (χ4n) is 9.72.